The molecule has 3 N–H and O–H groups in total. The number of fused-ring (bicyclic) bond motifs is 3. The summed E-state index contributed by atoms with van der Waals surface area (Å²) in [6, 6.07) is 15.2. The van der Waals surface area contributed by atoms with Gasteiger partial charge in [0.05, 0.1) is 0 Å². The first-order chi connectivity index (χ1) is 11.0. The Bertz CT molecular complexity index is 722. The van der Waals surface area contributed by atoms with E-state index in [1.54, 1.807) is 13.8 Å². The van der Waals surface area contributed by atoms with Crippen molar-refractivity contribution in [1.82, 2.24) is 5.32 Å². The van der Waals surface area contributed by atoms with Gasteiger partial charge in [0, 0.05) is 11.8 Å². The molecular formula is C19H20N2O2. The third-order valence-electron chi connectivity index (χ3n) is 4.34. The van der Waals surface area contributed by atoms with Crippen LogP contribution in [0.4, 0.5) is 0 Å². The van der Waals surface area contributed by atoms with E-state index in [-0.39, 0.29) is 17.7 Å². The summed E-state index contributed by atoms with van der Waals surface area (Å²) in [6.07, 6.45) is 0. The Kier molecular flexibility index (Phi) is 3.90. The van der Waals surface area contributed by atoms with Crippen LogP contribution in [-0.4, -0.2) is 17.9 Å². The van der Waals surface area contributed by atoms with Crippen molar-refractivity contribution in [1.29, 1.82) is 0 Å². The van der Waals surface area contributed by atoms with Gasteiger partial charge < -0.3 is 11.1 Å². The van der Waals surface area contributed by atoms with Crippen molar-refractivity contribution in [2.75, 3.05) is 0 Å². The van der Waals surface area contributed by atoms with Gasteiger partial charge >= 0.3 is 0 Å². The normalized spacial score (nSPS) is 14.2. The summed E-state index contributed by atoms with van der Waals surface area (Å²) in [5, 5.41) is 2.83. The van der Waals surface area contributed by atoms with Gasteiger partial charge in [-0.15, -0.1) is 0 Å². The Morgan fingerprint density at radius 1 is 0.957 bits per heavy atom. The molecule has 2 amide bonds. The van der Waals surface area contributed by atoms with Gasteiger partial charge in [-0.25, -0.2) is 0 Å². The molecule has 0 aromatic heterocycles. The summed E-state index contributed by atoms with van der Waals surface area (Å²) < 4.78 is 0. The molecule has 0 saturated carbocycles. The molecule has 23 heavy (non-hydrogen) atoms. The zero-order valence-corrected chi connectivity index (χ0v) is 13.2. The first-order valence-corrected chi connectivity index (χ1v) is 7.78. The minimum atomic E-state index is -0.755. The van der Waals surface area contributed by atoms with Crippen molar-refractivity contribution in [2.24, 2.45) is 11.7 Å². The van der Waals surface area contributed by atoms with Crippen molar-refractivity contribution >= 4 is 11.8 Å². The zero-order valence-electron chi connectivity index (χ0n) is 13.2. The van der Waals surface area contributed by atoms with Crippen LogP contribution in [0.15, 0.2) is 48.5 Å². The lowest BCUT2D eigenvalue weighted by Crippen LogP contribution is -2.49. The average Bonchev–Trinajstić information content (AvgIpc) is 2.86. The number of hydrogen-bond acceptors (Lipinski definition) is 2. The highest BCUT2D eigenvalue weighted by molar-refractivity contribution is 5.91. The summed E-state index contributed by atoms with van der Waals surface area (Å²) in [6.45, 7) is 3.59. The molecule has 1 aliphatic rings. The lowest BCUT2D eigenvalue weighted by atomic mass is 9.88. The molecule has 2 aromatic rings. The molecule has 0 radical (unpaired) electrons. The molecule has 2 aromatic carbocycles. The number of rotatable bonds is 4. The Morgan fingerprint density at radius 2 is 1.43 bits per heavy atom. The van der Waals surface area contributed by atoms with E-state index < -0.39 is 11.9 Å². The number of benzene rings is 2. The number of nitrogens with one attached hydrogen (secondary N) is 1. The fourth-order valence-corrected chi connectivity index (χ4v) is 3.19. The smallest absolute Gasteiger partial charge is 0.240 e. The largest absolute Gasteiger partial charge is 0.368 e. The fraction of sp³-hybridized carbons (Fsp3) is 0.263. The highest BCUT2D eigenvalue weighted by atomic mass is 16.2. The number of nitrogens with two attached hydrogens (primary N) is 1. The molecule has 3 rings (SSSR count). The monoisotopic (exact) mass is 308 g/mol. The summed E-state index contributed by atoms with van der Waals surface area (Å²) in [7, 11) is 0. The molecule has 1 atom stereocenters. The molecule has 0 heterocycles. The number of amides is 2. The van der Waals surface area contributed by atoms with Crippen LogP contribution in [0.25, 0.3) is 11.1 Å². The predicted octanol–water partition coefficient (Wildman–Crippen LogP) is 2.42. The standard InChI is InChI=1S/C19H20N2O2/c1-11(2)19(23)21-17(18(20)22)16-14-9-5-3-7-12(14)13-8-4-6-10-15(13)16/h3-11,16-17H,1-2H3,(H2,20,22)(H,21,23)/t17-/m1/s1. The maximum Gasteiger partial charge on any atom is 0.240 e. The number of carbonyl (C=O) groups is 2. The van der Waals surface area contributed by atoms with Crippen LogP contribution in [0.5, 0.6) is 0 Å². The van der Waals surface area contributed by atoms with Crippen molar-refractivity contribution in [3.8, 4) is 11.1 Å². The van der Waals surface area contributed by atoms with E-state index >= 15 is 0 Å². The topological polar surface area (TPSA) is 72.2 Å². The van der Waals surface area contributed by atoms with Gasteiger partial charge in [0.25, 0.3) is 0 Å². The number of hydrogen-bond donors (Lipinski definition) is 2. The van der Waals surface area contributed by atoms with E-state index in [0.717, 1.165) is 22.3 Å². The van der Waals surface area contributed by atoms with Gasteiger partial charge in [0.1, 0.15) is 6.04 Å². The third kappa shape index (κ3) is 2.61. The fourth-order valence-electron chi connectivity index (χ4n) is 3.19. The molecule has 0 spiro atoms. The highest BCUT2D eigenvalue weighted by Gasteiger charge is 2.37. The summed E-state index contributed by atoms with van der Waals surface area (Å²) in [5.74, 6) is -1.14. The van der Waals surface area contributed by atoms with Crippen LogP contribution >= 0.6 is 0 Å². The summed E-state index contributed by atoms with van der Waals surface area (Å²) >= 11 is 0. The van der Waals surface area contributed by atoms with Crippen LogP contribution in [0.2, 0.25) is 0 Å². The maximum absolute atomic E-state index is 12.1. The molecule has 118 valence electrons. The van der Waals surface area contributed by atoms with E-state index in [2.05, 4.69) is 5.32 Å². The number of primary amides is 1. The Balaban J connectivity index is 2.09. The molecule has 0 unspecified atom stereocenters. The van der Waals surface area contributed by atoms with Crippen molar-refractivity contribution in [3.63, 3.8) is 0 Å². The van der Waals surface area contributed by atoms with E-state index in [4.69, 9.17) is 5.73 Å². The maximum atomic E-state index is 12.1. The van der Waals surface area contributed by atoms with Gasteiger partial charge in [-0.05, 0) is 22.3 Å². The van der Waals surface area contributed by atoms with Crippen molar-refractivity contribution in [2.45, 2.75) is 25.8 Å². The molecule has 4 heteroatoms. The molecule has 0 aliphatic heterocycles. The van der Waals surface area contributed by atoms with Gasteiger partial charge in [-0.2, -0.15) is 0 Å². The minimum absolute atomic E-state index is 0.171. The van der Waals surface area contributed by atoms with Crippen LogP contribution in [0.1, 0.15) is 30.9 Å². The Labute approximate surface area is 135 Å². The third-order valence-corrected chi connectivity index (χ3v) is 4.34. The molecule has 0 saturated heterocycles. The average molecular weight is 308 g/mol. The highest BCUT2D eigenvalue weighted by Crippen LogP contribution is 2.46. The second kappa shape index (κ2) is 5.88. The van der Waals surface area contributed by atoms with Crippen molar-refractivity contribution in [3.05, 3.63) is 59.7 Å². The second-order valence-corrected chi connectivity index (χ2v) is 6.20. The molecule has 0 bridgehead atoms. The molecule has 0 fully saturated rings. The first-order valence-electron chi connectivity index (χ1n) is 7.78. The predicted molar refractivity (Wildman–Crippen MR) is 89.7 cm³/mol. The summed E-state index contributed by atoms with van der Waals surface area (Å²) in [5.41, 5.74) is 9.88. The van der Waals surface area contributed by atoms with Crippen LogP contribution in [0.3, 0.4) is 0 Å². The van der Waals surface area contributed by atoms with Gasteiger partial charge in [0.15, 0.2) is 0 Å². The Hall–Kier alpha value is -2.62. The number of carbonyl (C=O) groups excluding carboxylic acids is 2. The molecule has 1 aliphatic carbocycles. The summed E-state index contributed by atoms with van der Waals surface area (Å²) in [4.78, 5) is 24.2. The van der Waals surface area contributed by atoms with Gasteiger partial charge in [0.2, 0.25) is 11.8 Å². The van der Waals surface area contributed by atoms with Crippen LogP contribution < -0.4 is 11.1 Å². The van der Waals surface area contributed by atoms with Crippen LogP contribution in [-0.2, 0) is 9.59 Å². The van der Waals surface area contributed by atoms with Crippen molar-refractivity contribution < 1.29 is 9.59 Å². The van der Waals surface area contributed by atoms with E-state index in [1.165, 1.54) is 0 Å². The second-order valence-electron chi connectivity index (χ2n) is 6.20. The minimum Gasteiger partial charge on any atom is -0.368 e. The quantitative estimate of drug-likeness (QED) is 0.910. The first kappa shape index (κ1) is 15.3. The molecule has 4 nitrogen and oxygen atoms in total. The van der Waals surface area contributed by atoms with Gasteiger partial charge in [-0.1, -0.05) is 62.4 Å². The zero-order chi connectivity index (χ0) is 16.6. The lowest BCUT2D eigenvalue weighted by molar-refractivity contribution is -0.129. The Morgan fingerprint density at radius 3 is 1.87 bits per heavy atom. The van der Waals surface area contributed by atoms with E-state index in [1.807, 2.05) is 48.5 Å². The van der Waals surface area contributed by atoms with E-state index in [9.17, 15) is 9.59 Å². The lowest BCUT2D eigenvalue weighted by Gasteiger charge is -2.24. The molecular weight excluding hydrogens is 288 g/mol. The van der Waals surface area contributed by atoms with Gasteiger partial charge in [-0.3, -0.25) is 9.59 Å². The van der Waals surface area contributed by atoms with Crippen LogP contribution in [0, 0.1) is 5.92 Å². The SMILES string of the molecule is CC(C)C(=O)N[C@@H](C(N)=O)C1c2ccccc2-c2ccccc21. The van der Waals surface area contributed by atoms with E-state index in [0.29, 0.717) is 0 Å².